The minimum atomic E-state index is 0.206. The normalized spacial score (nSPS) is 29.8. The molecule has 2 aliphatic rings. The van der Waals surface area contributed by atoms with E-state index in [1.54, 1.807) is 0 Å². The fraction of sp³-hybridized carbons (Fsp3) is 0.667. The molecule has 2 atom stereocenters. The minimum Gasteiger partial charge on any atom is -0.344 e. The standard InChI is InChI=1S/C15H23N3O/c1-2-7-17-8-3-4-14(17)15(19)18-12-5-6-13(18)10-11(16)9-12/h3-4,8,11-13H,2,5-7,9-10,16H2,1H3. The van der Waals surface area contributed by atoms with Crippen molar-refractivity contribution < 1.29 is 4.79 Å². The Kier molecular flexibility index (Phi) is 3.35. The molecule has 4 heteroatoms. The number of nitrogens with two attached hydrogens (primary N) is 1. The van der Waals surface area contributed by atoms with E-state index in [1.807, 2.05) is 18.3 Å². The Morgan fingerprint density at radius 1 is 1.37 bits per heavy atom. The van der Waals surface area contributed by atoms with Crippen LogP contribution in [0.25, 0.3) is 0 Å². The van der Waals surface area contributed by atoms with Gasteiger partial charge in [-0.15, -0.1) is 0 Å². The highest BCUT2D eigenvalue weighted by Crippen LogP contribution is 2.36. The monoisotopic (exact) mass is 261 g/mol. The van der Waals surface area contributed by atoms with Crippen LogP contribution in [0.15, 0.2) is 18.3 Å². The molecule has 0 aromatic carbocycles. The number of piperidine rings is 1. The Labute approximate surface area is 114 Å². The van der Waals surface area contributed by atoms with Crippen molar-refractivity contribution in [2.45, 2.75) is 63.7 Å². The van der Waals surface area contributed by atoms with E-state index >= 15 is 0 Å². The number of aromatic nitrogens is 1. The van der Waals surface area contributed by atoms with Crippen LogP contribution < -0.4 is 5.73 Å². The van der Waals surface area contributed by atoms with Crippen molar-refractivity contribution in [2.24, 2.45) is 5.73 Å². The van der Waals surface area contributed by atoms with Crippen LogP contribution in [-0.4, -0.2) is 33.5 Å². The van der Waals surface area contributed by atoms with Crippen molar-refractivity contribution in [1.29, 1.82) is 0 Å². The average Bonchev–Trinajstić information content (AvgIpc) is 2.93. The summed E-state index contributed by atoms with van der Waals surface area (Å²) in [4.78, 5) is 14.9. The molecule has 2 bridgehead atoms. The molecule has 1 aromatic rings. The molecule has 0 spiro atoms. The van der Waals surface area contributed by atoms with Gasteiger partial charge in [-0.25, -0.2) is 0 Å². The lowest BCUT2D eigenvalue weighted by molar-refractivity contribution is 0.0564. The van der Waals surface area contributed by atoms with Crippen molar-refractivity contribution in [3.8, 4) is 0 Å². The van der Waals surface area contributed by atoms with Crippen LogP contribution in [0.1, 0.15) is 49.5 Å². The zero-order chi connectivity index (χ0) is 13.4. The van der Waals surface area contributed by atoms with Crippen LogP contribution >= 0.6 is 0 Å². The summed E-state index contributed by atoms with van der Waals surface area (Å²) in [7, 11) is 0. The number of hydrogen-bond donors (Lipinski definition) is 1. The number of amides is 1. The maximum atomic E-state index is 12.8. The van der Waals surface area contributed by atoms with E-state index in [0.29, 0.717) is 12.1 Å². The summed E-state index contributed by atoms with van der Waals surface area (Å²) >= 11 is 0. The maximum absolute atomic E-state index is 12.8. The van der Waals surface area contributed by atoms with E-state index in [4.69, 9.17) is 5.73 Å². The molecule has 3 heterocycles. The summed E-state index contributed by atoms with van der Waals surface area (Å²) in [5.74, 6) is 0.206. The Balaban J connectivity index is 1.82. The van der Waals surface area contributed by atoms with Gasteiger partial charge in [0.1, 0.15) is 5.69 Å². The van der Waals surface area contributed by atoms with E-state index in [0.717, 1.165) is 44.3 Å². The third kappa shape index (κ3) is 2.18. The molecule has 2 fully saturated rings. The Bertz CT molecular complexity index is 454. The molecule has 1 aromatic heterocycles. The minimum absolute atomic E-state index is 0.206. The lowest BCUT2D eigenvalue weighted by atomic mass is 9.98. The highest BCUT2D eigenvalue weighted by Gasteiger charge is 2.42. The number of nitrogens with zero attached hydrogens (tertiary/aromatic N) is 2. The first-order valence-electron chi connectivity index (χ1n) is 7.44. The maximum Gasteiger partial charge on any atom is 0.270 e. The highest BCUT2D eigenvalue weighted by molar-refractivity contribution is 5.93. The molecule has 1 amide bonds. The third-order valence-corrected chi connectivity index (χ3v) is 4.52. The summed E-state index contributed by atoms with van der Waals surface area (Å²) in [5.41, 5.74) is 6.91. The van der Waals surface area contributed by atoms with Crippen LogP contribution in [0.5, 0.6) is 0 Å². The number of carbonyl (C=O) groups is 1. The Hall–Kier alpha value is -1.29. The number of carbonyl (C=O) groups excluding carboxylic acids is 1. The zero-order valence-electron chi connectivity index (χ0n) is 11.6. The largest absolute Gasteiger partial charge is 0.344 e. The average molecular weight is 261 g/mol. The summed E-state index contributed by atoms with van der Waals surface area (Å²) in [5, 5.41) is 0. The van der Waals surface area contributed by atoms with Crippen molar-refractivity contribution >= 4 is 5.91 Å². The number of hydrogen-bond acceptors (Lipinski definition) is 2. The molecule has 0 aliphatic carbocycles. The first-order valence-corrected chi connectivity index (χ1v) is 7.44. The van der Waals surface area contributed by atoms with Gasteiger partial charge in [0, 0.05) is 30.9 Å². The van der Waals surface area contributed by atoms with Crippen molar-refractivity contribution in [3.63, 3.8) is 0 Å². The molecule has 4 nitrogen and oxygen atoms in total. The summed E-state index contributed by atoms with van der Waals surface area (Å²) in [6.07, 6.45) is 7.24. The second-order valence-corrected chi connectivity index (χ2v) is 5.92. The van der Waals surface area contributed by atoms with Gasteiger partial charge in [-0.3, -0.25) is 4.79 Å². The summed E-state index contributed by atoms with van der Waals surface area (Å²) < 4.78 is 2.08. The Morgan fingerprint density at radius 3 is 2.68 bits per heavy atom. The van der Waals surface area contributed by atoms with Crippen LogP contribution in [0.4, 0.5) is 0 Å². The van der Waals surface area contributed by atoms with Gasteiger partial charge < -0.3 is 15.2 Å². The van der Waals surface area contributed by atoms with E-state index in [1.165, 1.54) is 0 Å². The van der Waals surface area contributed by atoms with E-state index < -0.39 is 0 Å². The molecule has 3 rings (SSSR count). The second kappa shape index (κ2) is 5.00. The molecule has 104 valence electrons. The molecule has 0 saturated carbocycles. The molecular weight excluding hydrogens is 238 g/mol. The zero-order valence-corrected chi connectivity index (χ0v) is 11.6. The molecule has 19 heavy (non-hydrogen) atoms. The van der Waals surface area contributed by atoms with Gasteiger partial charge in [0.15, 0.2) is 0 Å². The molecule has 2 unspecified atom stereocenters. The predicted octanol–water partition coefficient (Wildman–Crippen LogP) is 1.99. The first kappa shape index (κ1) is 12.7. The van der Waals surface area contributed by atoms with Gasteiger partial charge in [0.05, 0.1) is 0 Å². The number of aryl methyl sites for hydroxylation is 1. The van der Waals surface area contributed by atoms with Crippen LogP contribution in [0, 0.1) is 0 Å². The van der Waals surface area contributed by atoms with Gasteiger partial charge in [0.2, 0.25) is 0 Å². The topological polar surface area (TPSA) is 51.3 Å². The molecule has 0 radical (unpaired) electrons. The van der Waals surface area contributed by atoms with Crippen LogP contribution in [0.3, 0.4) is 0 Å². The lowest BCUT2D eigenvalue weighted by Crippen LogP contribution is -2.50. The van der Waals surface area contributed by atoms with Crippen molar-refractivity contribution in [3.05, 3.63) is 24.0 Å². The Morgan fingerprint density at radius 2 is 2.05 bits per heavy atom. The number of rotatable bonds is 3. The molecular formula is C15H23N3O. The van der Waals surface area contributed by atoms with Crippen LogP contribution in [0.2, 0.25) is 0 Å². The van der Waals surface area contributed by atoms with Gasteiger partial charge >= 0.3 is 0 Å². The fourth-order valence-corrected chi connectivity index (χ4v) is 3.73. The lowest BCUT2D eigenvalue weighted by Gasteiger charge is -2.37. The summed E-state index contributed by atoms with van der Waals surface area (Å²) in [6.45, 7) is 3.05. The molecule has 2 saturated heterocycles. The van der Waals surface area contributed by atoms with E-state index in [-0.39, 0.29) is 11.9 Å². The van der Waals surface area contributed by atoms with Crippen LogP contribution in [-0.2, 0) is 6.54 Å². The van der Waals surface area contributed by atoms with E-state index in [2.05, 4.69) is 16.4 Å². The highest BCUT2D eigenvalue weighted by atomic mass is 16.2. The fourth-order valence-electron chi connectivity index (χ4n) is 3.73. The second-order valence-electron chi connectivity index (χ2n) is 5.92. The number of fused-ring (bicyclic) bond motifs is 2. The van der Waals surface area contributed by atoms with Gasteiger partial charge in [-0.1, -0.05) is 6.92 Å². The first-order chi connectivity index (χ1) is 9.20. The van der Waals surface area contributed by atoms with Crippen molar-refractivity contribution in [1.82, 2.24) is 9.47 Å². The van der Waals surface area contributed by atoms with Gasteiger partial charge in [-0.05, 0) is 44.2 Å². The predicted molar refractivity (Wildman–Crippen MR) is 74.9 cm³/mol. The van der Waals surface area contributed by atoms with Gasteiger partial charge in [-0.2, -0.15) is 0 Å². The molecule has 2 aliphatic heterocycles. The summed E-state index contributed by atoms with van der Waals surface area (Å²) in [6, 6.07) is 4.94. The van der Waals surface area contributed by atoms with Crippen molar-refractivity contribution in [2.75, 3.05) is 0 Å². The molecule has 2 N–H and O–H groups in total. The van der Waals surface area contributed by atoms with E-state index in [9.17, 15) is 4.79 Å². The SMILES string of the molecule is CCCn1cccc1C(=O)N1C2CCC1CC(N)C2. The quantitative estimate of drug-likeness (QED) is 0.904. The smallest absolute Gasteiger partial charge is 0.270 e. The third-order valence-electron chi connectivity index (χ3n) is 4.52. The van der Waals surface area contributed by atoms with Gasteiger partial charge in [0.25, 0.3) is 5.91 Å².